The van der Waals surface area contributed by atoms with Crippen LogP contribution in [0.3, 0.4) is 0 Å². The molecular formula is C10H12Br2. The van der Waals surface area contributed by atoms with Crippen LogP contribution in [0.1, 0.15) is 17.9 Å². The fourth-order valence-corrected chi connectivity index (χ4v) is 2.44. The summed E-state index contributed by atoms with van der Waals surface area (Å²) < 4.78 is 0. The van der Waals surface area contributed by atoms with E-state index in [4.69, 9.17) is 0 Å². The van der Waals surface area contributed by atoms with Crippen LogP contribution in [0.4, 0.5) is 0 Å². The molecule has 0 saturated heterocycles. The normalized spacial score (nSPS) is 12.8. The molecule has 0 heterocycles. The second-order valence-corrected chi connectivity index (χ2v) is 4.18. The Labute approximate surface area is 90.6 Å². The van der Waals surface area contributed by atoms with E-state index in [0.29, 0.717) is 5.92 Å². The van der Waals surface area contributed by atoms with E-state index in [1.165, 1.54) is 12.0 Å². The lowest BCUT2D eigenvalue weighted by Crippen LogP contribution is -2.00. The quantitative estimate of drug-likeness (QED) is 0.737. The highest BCUT2D eigenvalue weighted by Gasteiger charge is 2.07. The summed E-state index contributed by atoms with van der Waals surface area (Å²) in [5.74, 6) is 0.644. The molecule has 1 rings (SSSR count). The number of benzene rings is 1. The van der Waals surface area contributed by atoms with Crippen molar-refractivity contribution in [3.05, 3.63) is 35.9 Å². The minimum Gasteiger partial charge on any atom is -0.0928 e. The van der Waals surface area contributed by atoms with Gasteiger partial charge in [-0.25, -0.2) is 0 Å². The SMILES string of the molecule is BrCC[C@H](CBr)c1ccccc1. The van der Waals surface area contributed by atoms with Gasteiger partial charge in [0, 0.05) is 10.7 Å². The molecular weight excluding hydrogens is 280 g/mol. The van der Waals surface area contributed by atoms with Crippen molar-refractivity contribution in [2.75, 3.05) is 10.7 Å². The van der Waals surface area contributed by atoms with Gasteiger partial charge in [-0.1, -0.05) is 62.2 Å². The zero-order valence-electron chi connectivity index (χ0n) is 6.84. The van der Waals surface area contributed by atoms with Crippen molar-refractivity contribution >= 4 is 31.9 Å². The van der Waals surface area contributed by atoms with E-state index in [-0.39, 0.29) is 0 Å². The molecule has 0 nitrogen and oxygen atoms in total. The Kier molecular flexibility index (Phi) is 4.93. The third kappa shape index (κ3) is 2.91. The van der Waals surface area contributed by atoms with Gasteiger partial charge in [-0.2, -0.15) is 0 Å². The van der Waals surface area contributed by atoms with Crippen LogP contribution in [-0.4, -0.2) is 10.7 Å². The van der Waals surface area contributed by atoms with Crippen molar-refractivity contribution in [1.29, 1.82) is 0 Å². The number of hydrogen-bond donors (Lipinski definition) is 0. The van der Waals surface area contributed by atoms with E-state index >= 15 is 0 Å². The third-order valence-corrected chi connectivity index (χ3v) is 3.15. The predicted octanol–water partition coefficient (Wildman–Crippen LogP) is 3.95. The van der Waals surface area contributed by atoms with Crippen LogP contribution in [0.25, 0.3) is 0 Å². The summed E-state index contributed by atoms with van der Waals surface area (Å²) in [5, 5.41) is 2.11. The molecule has 0 aliphatic rings. The molecule has 0 spiro atoms. The van der Waals surface area contributed by atoms with Crippen LogP contribution in [0, 0.1) is 0 Å². The molecule has 0 bridgehead atoms. The van der Waals surface area contributed by atoms with Crippen LogP contribution in [-0.2, 0) is 0 Å². The van der Waals surface area contributed by atoms with Gasteiger partial charge in [-0.15, -0.1) is 0 Å². The average molecular weight is 292 g/mol. The van der Waals surface area contributed by atoms with E-state index in [2.05, 4.69) is 62.2 Å². The standard InChI is InChI=1S/C10H12Br2/c11-7-6-10(8-12)9-4-2-1-3-5-9/h1-5,10H,6-8H2/t10-/m1/s1. The van der Waals surface area contributed by atoms with Gasteiger partial charge in [-0.3, -0.25) is 0 Å². The van der Waals surface area contributed by atoms with Crippen molar-refractivity contribution in [3.8, 4) is 0 Å². The van der Waals surface area contributed by atoms with Crippen molar-refractivity contribution in [2.24, 2.45) is 0 Å². The molecule has 66 valence electrons. The maximum atomic E-state index is 3.53. The minimum absolute atomic E-state index is 0.644. The van der Waals surface area contributed by atoms with Crippen molar-refractivity contribution < 1.29 is 0 Å². The Morgan fingerprint density at radius 3 is 2.25 bits per heavy atom. The van der Waals surface area contributed by atoms with Gasteiger partial charge < -0.3 is 0 Å². The van der Waals surface area contributed by atoms with Crippen LogP contribution in [0.5, 0.6) is 0 Å². The Balaban J connectivity index is 2.66. The minimum atomic E-state index is 0.644. The molecule has 0 aliphatic heterocycles. The van der Waals surface area contributed by atoms with E-state index in [9.17, 15) is 0 Å². The van der Waals surface area contributed by atoms with Gasteiger partial charge in [0.1, 0.15) is 0 Å². The van der Waals surface area contributed by atoms with E-state index in [1.807, 2.05) is 0 Å². The molecule has 0 saturated carbocycles. The highest BCUT2D eigenvalue weighted by atomic mass is 79.9. The smallest absolute Gasteiger partial charge is 0.0100 e. The lowest BCUT2D eigenvalue weighted by Gasteiger charge is -2.11. The van der Waals surface area contributed by atoms with Gasteiger partial charge in [0.2, 0.25) is 0 Å². The molecule has 0 amide bonds. The van der Waals surface area contributed by atoms with Gasteiger partial charge in [0.05, 0.1) is 0 Å². The number of rotatable bonds is 4. The first-order chi connectivity index (χ1) is 5.88. The molecule has 0 aromatic heterocycles. The summed E-state index contributed by atoms with van der Waals surface area (Å²) in [6.07, 6.45) is 1.19. The van der Waals surface area contributed by atoms with Crippen LogP contribution in [0.15, 0.2) is 30.3 Å². The zero-order valence-corrected chi connectivity index (χ0v) is 10.0. The third-order valence-electron chi connectivity index (χ3n) is 1.91. The number of alkyl halides is 2. The molecule has 0 unspecified atom stereocenters. The van der Waals surface area contributed by atoms with Crippen LogP contribution < -0.4 is 0 Å². The summed E-state index contributed by atoms with van der Waals surface area (Å²) in [5.41, 5.74) is 1.42. The summed E-state index contributed by atoms with van der Waals surface area (Å²) in [4.78, 5) is 0. The molecule has 0 aliphatic carbocycles. The van der Waals surface area contributed by atoms with Crippen LogP contribution in [0.2, 0.25) is 0 Å². The number of hydrogen-bond acceptors (Lipinski definition) is 0. The molecule has 2 heteroatoms. The first kappa shape index (κ1) is 10.3. The lowest BCUT2D eigenvalue weighted by molar-refractivity contribution is 0.760. The Morgan fingerprint density at radius 2 is 1.75 bits per heavy atom. The van der Waals surface area contributed by atoms with E-state index < -0.39 is 0 Å². The van der Waals surface area contributed by atoms with Crippen LogP contribution >= 0.6 is 31.9 Å². The Morgan fingerprint density at radius 1 is 1.08 bits per heavy atom. The first-order valence-corrected chi connectivity index (χ1v) is 6.29. The van der Waals surface area contributed by atoms with Crippen molar-refractivity contribution in [2.45, 2.75) is 12.3 Å². The maximum absolute atomic E-state index is 3.53. The summed E-state index contributed by atoms with van der Waals surface area (Å²) in [7, 11) is 0. The topological polar surface area (TPSA) is 0 Å². The molecule has 0 fully saturated rings. The molecule has 1 atom stereocenters. The van der Waals surface area contributed by atoms with E-state index in [0.717, 1.165) is 10.7 Å². The van der Waals surface area contributed by atoms with Gasteiger partial charge in [0.25, 0.3) is 0 Å². The van der Waals surface area contributed by atoms with Gasteiger partial charge >= 0.3 is 0 Å². The van der Waals surface area contributed by atoms with Gasteiger partial charge in [-0.05, 0) is 17.9 Å². The van der Waals surface area contributed by atoms with Gasteiger partial charge in [0.15, 0.2) is 0 Å². The fourth-order valence-electron chi connectivity index (χ4n) is 1.19. The fraction of sp³-hybridized carbons (Fsp3) is 0.400. The first-order valence-electron chi connectivity index (χ1n) is 4.05. The molecule has 1 aromatic carbocycles. The average Bonchev–Trinajstić information content (AvgIpc) is 2.15. The molecule has 0 radical (unpaired) electrons. The predicted molar refractivity (Wildman–Crippen MR) is 61.4 cm³/mol. The summed E-state index contributed by atoms with van der Waals surface area (Å²) >= 11 is 7.00. The Bertz CT molecular complexity index is 208. The zero-order chi connectivity index (χ0) is 8.81. The van der Waals surface area contributed by atoms with Crippen molar-refractivity contribution in [3.63, 3.8) is 0 Å². The molecule has 12 heavy (non-hydrogen) atoms. The highest BCUT2D eigenvalue weighted by Crippen LogP contribution is 2.22. The number of halogens is 2. The second kappa shape index (κ2) is 5.76. The summed E-state index contributed by atoms with van der Waals surface area (Å²) in [6, 6.07) is 10.6. The largest absolute Gasteiger partial charge is 0.0928 e. The molecule has 0 N–H and O–H groups in total. The summed E-state index contributed by atoms with van der Waals surface area (Å²) in [6.45, 7) is 0. The Hall–Kier alpha value is 0.180. The highest BCUT2D eigenvalue weighted by molar-refractivity contribution is 9.09. The molecule has 1 aromatic rings. The lowest BCUT2D eigenvalue weighted by atomic mass is 9.99. The maximum Gasteiger partial charge on any atom is 0.0100 e. The van der Waals surface area contributed by atoms with Crippen molar-refractivity contribution in [1.82, 2.24) is 0 Å². The monoisotopic (exact) mass is 290 g/mol. The van der Waals surface area contributed by atoms with E-state index in [1.54, 1.807) is 0 Å². The second-order valence-electron chi connectivity index (χ2n) is 2.74.